The molecule has 0 amide bonds. The number of hydrogen-bond donors (Lipinski definition) is 4. The standard InChI is InChI=1S/C28H28N2O4/c1-2-25(20-8-11-24(12-9-20)34-16-15-31)28(22-10-13-26(30)23(17-22)18-29)21-6-3-19(4-7-21)5-14-27(32)33/h3-14,17-18,29,31H,2,15-16,30H2,1H3,(H,32,33)/b14-5+,28-25+,29-18?. The Hall–Kier alpha value is -4.16. The van der Waals surface area contributed by atoms with Gasteiger partial charge in [-0.15, -0.1) is 0 Å². The molecule has 0 aliphatic heterocycles. The molecule has 3 aromatic carbocycles. The highest BCUT2D eigenvalue weighted by Crippen LogP contribution is 2.36. The summed E-state index contributed by atoms with van der Waals surface area (Å²) in [6.45, 7) is 2.28. The number of rotatable bonds is 10. The lowest BCUT2D eigenvalue weighted by Gasteiger charge is -2.18. The lowest BCUT2D eigenvalue weighted by atomic mass is 9.87. The molecule has 5 N–H and O–H groups in total. The number of carboxylic acids is 1. The first-order valence-electron chi connectivity index (χ1n) is 11.0. The fourth-order valence-electron chi connectivity index (χ4n) is 3.74. The Morgan fingerprint density at radius 3 is 2.24 bits per heavy atom. The molecule has 174 valence electrons. The second-order valence-corrected chi connectivity index (χ2v) is 7.59. The van der Waals surface area contributed by atoms with Gasteiger partial charge in [0, 0.05) is 23.5 Å². The molecule has 0 unspecified atom stereocenters. The first-order valence-corrected chi connectivity index (χ1v) is 11.0. The molecule has 0 spiro atoms. The first kappa shape index (κ1) is 24.5. The van der Waals surface area contributed by atoms with E-state index in [0.717, 1.165) is 45.9 Å². The summed E-state index contributed by atoms with van der Waals surface area (Å²) in [5, 5.41) is 25.6. The SMILES string of the molecule is CC/C(=C(/c1ccc(/C=C/C(=O)O)cc1)c1ccc(N)c(C=N)c1)c1ccc(OCCO)cc1. The number of allylic oxidation sites excluding steroid dienone is 1. The zero-order valence-corrected chi connectivity index (χ0v) is 19.0. The van der Waals surface area contributed by atoms with E-state index in [0.29, 0.717) is 17.0 Å². The Morgan fingerprint density at radius 2 is 1.65 bits per heavy atom. The van der Waals surface area contributed by atoms with Crippen molar-refractivity contribution in [3.63, 3.8) is 0 Å². The minimum Gasteiger partial charge on any atom is -0.491 e. The molecule has 0 aliphatic carbocycles. The van der Waals surface area contributed by atoms with Crippen molar-refractivity contribution in [1.82, 2.24) is 0 Å². The van der Waals surface area contributed by atoms with Crippen LogP contribution in [-0.4, -0.2) is 35.6 Å². The number of benzene rings is 3. The lowest BCUT2D eigenvalue weighted by Crippen LogP contribution is -2.01. The van der Waals surface area contributed by atoms with E-state index >= 15 is 0 Å². The number of carbonyl (C=O) groups is 1. The van der Waals surface area contributed by atoms with Gasteiger partial charge < -0.3 is 26.1 Å². The van der Waals surface area contributed by atoms with Crippen molar-refractivity contribution >= 4 is 35.1 Å². The Bertz CT molecular complexity index is 1210. The lowest BCUT2D eigenvalue weighted by molar-refractivity contribution is -0.131. The van der Waals surface area contributed by atoms with E-state index in [1.807, 2.05) is 60.7 Å². The number of carboxylic acid groups (broad SMARTS) is 1. The van der Waals surface area contributed by atoms with Crippen LogP contribution < -0.4 is 10.5 Å². The molecule has 3 rings (SSSR count). The maximum absolute atomic E-state index is 10.8. The van der Waals surface area contributed by atoms with Crippen LogP contribution in [0.1, 0.15) is 41.2 Å². The van der Waals surface area contributed by atoms with Gasteiger partial charge >= 0.3 is 5.97 Å². The number of ether oxygens (including phenoxy) is 1. The van der Waals surface area contributed by atoms with Crippen molar-refractivity contribution in [3.05, 3.63) is 101 Å². The summed E-state index contributed by atoms with van der Waals surface area (Å²) in [5.41, 5.74) is 13.0. The van der Waals surface area contributed by atoms with Crippen LogP contribution in [0.4, 0.5) is 5.69 Å². The highest BCUT2D eigenvalue weighted by atomic mass is 16.5. The van der Waals surface area contributed by atoms with Gasteiger partial charge in [0.25, 0.3) is 0 Å². The van der Waals surface area contributed by atoms with Gasteiger partial charge in [-0.1, -0.05) is 49.4 Å². The van der Waals surface area contributed by atoms with Crippen molar-refractivity contribution < 1.29 is 19.7 Å². The molecule has 34 heavy (non-hydrogen) atoms. The molecule has 0 atom stereocenters. The van der Waals surface area contributed by atoms with Crippen LogP contribution in [0, 0.1) is 5.41 Å². The monoisotopic (exact) mass is 456 g/mol. The average Bonchev–Trinajstić information content (AvgIpc) is 2.86. The third-order valence-corrected chi connectivity index (χ3v) is 5.37. The van der Waals surface area contributed by atoms with Crippen LogP contribution in [0.5, 0.6) is 5.75 Å². The number of nitrogen functional groups attached to an aromatic ring is 1. The zero-order valence-electron chi connectivity index (χ0n) is 19.0. The van der Waals surface area contributed by atoms with E-state index < -0.39 is 5.97 Å². The fourth-order valence-corrected chi connectivity index (χ4v) is 3.74. The number of aliphatic carboxylic acids is 1. The normalized spacial score (nSPS) is 11.8. The largest absolute Gasteiger partial charge is 0.491 e. The number of hydrogen-bond acceptors (Lipinski definition) is 5. The minimum absolute atomic E-state index is 0.0455. The van der Waals surface area contributed by atoms with Crippen molar-refractivity contribution in [1.29, 1.82) is 5.41 Å². The number of nitrogens with two attached hydrogens (primary N) is 1. The highest BCUT2D eigenvalue weighted by Gasteiger charge is 2.14. The highest BCUT2D eigenvalue weighted by molar-refractivity contribution is 6.00. The number of anilines is 1. The van der Waals surface area contributed by atoms with E-state index in [1.165, 1.54) is 6.21 Å². The summed E-state index contributed by atoms with van der Waals surface area (Å²) >= 11 is 0. The van der Waals surface area contributed by atoms with Gasteiger partial charge in [-0.05, 0) is 70.2 Å². The van der Waals surface area contributed by atoms with Gasteiger partial charge in [0.05, 0.1) is 6.61 Å². The van der Waals surface area contributed by atoms with Gasteiger partial charge in [0.15, 0.2) is 0 Å². The van der Waals surface area contributed by atoms with E-state index in [-0.39, 0.29) is 13.2 Å². The minimum atomic E-state index is -0.995. The number of aliphatic hydroxyl groups excluding tert-OH is 1. The second-order valence-electron chi connectivity index (χ2n) is 7.59. The van der Waals surface area contributed by atoms with E-state index in [9.17, 15) is 4.79 Å². The Morgan fingerprint density at radius 1 is 1.00 bits per heavy atom. The van der Waals surface area contributed by atoms with E-state index in [4.69, 9.17) is 26.1 Å². The average molecular weight is 457 g/mol. The van der Waals surface area contributed by atoms with Crippen molar-refractivity contribution in [3.8, 4) is 5.75 Å². The first-order chi connectivity index (χ1) is 16.5. The van der Waals surface area contributed by atoms with Crippen LogP contribution in [0.2, 0.25) is 0 Å². The summed E-state index contributed by atoms with van der Waals surface area (Å²) in [5.74, 6) is -0.312. The molecule has 0 radical (unpaired) electrons. The maximum Gasteiger partial charge on any atom is 0.328 e. The maximum atomic E-state index is 10.8. The Kier molecular flexibility index (Phi) is 8.37. The van der Waals surface area contributed by atoms with Crippen molar-refractivity contribution in [2.24, 2.45) is 0 Å². The third kappa shape index (κ3) is 5.99. The van der Waals surface area contributed by atoms with Gasteiger partial charge in [0.1, 0.15) is 12.4 Å². The fraction of sp³-hybridized carbons (Fsp3) is 0.143. The van der Waals surface area contributed by atoms with E-state index in [2.05, 4.69) is 6.92 Å². The van der Waals surface area contributed by atoms with Crippen LogP contribution in [0.15, 0.2) is 72.8 Å². The second kappa shape index (κ2) is 11.6. The van der Waals surface area contributed by atoms with Gasteiger partial charge in [-0.25, -0.2) is 4.79 Å². The number of nitrogens with one attached hydrogen (secondary N) is 1. The van der Waals surface area contributed by atoms with Crippen LogP contribution >= 0.6 is 0 Å². The molecule has 6 heteroatoms. The molecule has 0 bridgehead atoms. The van der Waals surface area contributed by atoms with Crippen molar-refractivity contribution in [2.75, 3.05) is 18.9 Å². The molecule has 3 aromatic rings. The Labute approximate surface area is 199 Å². The topological polar surface area (TPSA) is 117 Å². The molecule has 0 fully saturated rings. The number of aliphatic hydroxyl groups is 1. The molecular formula is C28H28N2O4. The van der Waals surface area contributed by atoms with Gasteiger partial charge in [-0.2, -0.15) is 0 Å². The summed E-state index contributed by atoms with van der Waals surface area (Å²) in [6, 6.07) is 21.1. The van der Waals surface area contributed by atoms with Crippen molar-refractivity contribution in [2.45, 2.75) is 13.3 Å². The predicted molar refractivity (Wildman–Crippen MR) is 137 cm³/mol. The molecule has 0 aliphatic rings. The quantitative estimate of drug-likeness (QED) is 0.146. The van der Waals surface area contributed by atoms with Crippen LogP contribution in [0.3, 0.4) is 0 Å². The third-order valence-electron chi connectivity index (χ3n) is 5.37. The Balaban J connectivity index is 2.16. The van der Waals surface area contributed by atoms with Gasteiger partial charge in [0.2, 0.25) is 0 Å². The smallest absolute Gasteiger partial charge is 0.328 e. The summed E-state index contributed by atoms with van der Waals surface area (Å²) in [6.07, 6.45) is 4.66. The summed E-state index contributed by atoms with van der Waals surface area (Å²) in [4.78, 5) is 10.8. The molecule has 0 saturated carbocycles. The summed E-state index contributed by atoms with van der Waals surface area (Å²) < 4.78 is 5.50. The summed E-state index contributed by atoms with van der Waals surface area (Å²) in [7, 11) is 0. The van der Waals surface area contributed by atoms with Crippen LogP contribution in [0.25, 0.3) is 17.2 Å². The molecular weight excluding hydrogens is 428 g/mol. The molecule has 6 nitrogen and oxygen atoms in total. The molecule has 0 heterocycles. The molecule has 0 saturated heterocycles. The van der Waals surface area contributed by atoms with E-state index in [1.54, 1.807) is 12.1 Å². The van der Waals surface area contributed by atoms with Gasteiger partial charge in [-0.3, -0.25) is 0 Å². The molecule has 0 aromatic heterocycles. The zero-order chi connectivity index (χ0) is 24.5. The van der Waals surface area contributed by atoms with Crippen LogP contribution in [-0.2, 0) is 4.79 Å². The predicted octanol–water partition coefficient (Wildman–Crippen LogP) is 5.10.